The van der Waals surface area contributed by atoms with Crippen molar-refractivity contribution < 1.29 is 31.5 Å². The van der Waals surface area contributed by atoms with Gasteiger partial charge in [-0.2, -0.15) is 18.3 Å². The minimum absolute atomic E-state index is 0.0175. The molecule has 2 N–H and O–H groups in total. The summed E-state index contributed by atoms with van der Waals surface area (Å²) in [4.78, 5) is 12.5. The van der Waals surface area contributed by atoms with Crippen molar-refractivity contribution >= 4 is 17.4 Å². The zero-order chi connectivity index (χ0) is 23.0. The lowest BCUT2D eigenvalue weighted by atomic mass is 9.97. The zero-order valence-electron chi connectivity index (χ0n) is 16.6. The first-order chi connectivity index (χ1) is 15.2. The SMILES string of the molecule is COc1cccc([C@H]2C[C@H](C(F)(F)F)n3nc(C(=O)Nc4ccc(F)cc4F)cc3N2)c1. The molecule has 1 aliphatic rings. The van der Waals surface area contributed by atoms with E-state index in [2.05, 4.69) is 15.7 Å². The number of aromatic nitrogens is 2. The van der Waals surface area contributed by atoms with Gasteiger partial charge in [0.05, 0.1) is 18.8 Å². The van der Waals surface area contributed by atoms with Crippen LogP contribution in [0.5, 0.6) is 5.75 Å². The van der Waals surface area contributed by atoms with Gasteiger partial charge >= 0.3 is 6.18 Å². The van der Waals surface area contributed by atoms with E-state index in [1.54, 1.807) is 24.3 Å². The molecule has 2 atom stereocenters. The van der Waals surface area contributed by atoms with Crippen LogP contribution in [0.1, 0.15) is 34.6 Å². The van der Waals surface area contributed by atoms with E-state index >= 15 is 0 Å². The smallest absolute Gasteiger partial charge is 0.410 e. The van der Waals surface area contributed by atoms with Gasteiger partial charge in [-0.25, -0.2) is 13.5 Å². The van der Waals surface area contributed by atoms with E-state index in [1.807, 2.05) is 0 Å². The molecule has 1 amide bonds. The highest BCUT2D eigenvalue weighted by Gasteiger charge is 2.46. The number of nitrogens with zero attached hydrogens (tertiary/aromatic N) is 2. The fraction of sp³-hybridized carbons (Fsp3) is 0.238. The minimum atomic E-state index is -4.63. The Morgan fingerprint density at radius 3 is 2.66 bits per heavy atom. The molecule has 0 saturated carbocycles. The van der Waals surface area contributed by atoms with Crippen molar-refractivity contribution in [1.29, 1.82) is 0 Å². The van der Waals surface area contributed by atoms with Gasteiger partial charge in [-0.15, -0.1) is 0 Å². The van der Waals surface area contributed by atoms with Gasteiger partial charge in [0.25, 0.3) is 5.91 Å². The molecule has 3 aromatic rings. The molecular weight excluding hydrogens is 435 g/mol. The molecule has 4 rings (SSSR count). The molecule has 2 aromatic carbocycles. The van der Waals surface area contributed by atoms with Crippen molar-refractivity contribution in [3.05, 3.63) is 71.4 Å². The summed E-state index contributed by atoms with van der Waals surface area (Å²) in [5, 5.41) is 8.96. The Bertz CT molecular complexity index is 1160. The van der Waals surface area contributed by atoms with E-state index in [1.165, 1.54) is 7.11 Å². The number of fused-ring (bicyclic) bond motifs is 1. The van der Waals surface area contributed by atoms with Crippen LogP contribution in [0.15, 0.2) is 48.5 Å². The fourth-order valence-corrected chi connectivity index (χ4v) is 3.54. The Morgan fingerprint density at radius 1 is 1.19 bits per heavy atom. The number of amides is 1. The predicted octanol–water partition coefficient (Wildman–Crippen LogP) is 5.08. The highest BCUT2D eigenvalue weighted by atomic mass is 19.4. The van der Waals surface area contributed by atoms with Crippen LogP contribution in [0.25, 0.3) is 0 Å². The van der Waals surface area contributed by atoms with Crippen molar-refractivity contribution in [2.45, 2.75) is 24.7 Å². The molecule has 0 saturated heterocycles. The molecular formula is C21H17F5N4O2. The Labute approximate surface area is 179 Å². The Kier molecular flexibility index (Phi) is 5.49. The van der Waals surface area contributed by atoms with Crippen molar-refractivity contribution in [1.82, 2.24) is 9.78 Å². The standard InChI is InChI=1S/C21H17F5N4O2/c1-32-13-4-2-3-11(7-13)16-9-18(21(24,25)26)30-19(27-16)10-17(29-30)20(31)28-15-6-5-12(22)8-14(15)23/h2-8,10,16,18,27H,9H2,1H3,(H,28,31)/t16-,18-/m1/s1. The van der Waals surface area contributed by atoms with Gasteiger partial charge < -0.3 is 15.4 Å². The number of carbonyl (C=O) groups is 1. The molecule has 0 unspecified atom stereocenters. The van der Waals surface area contributed by atoms with Crippen molar-refractivity contribution in [3.8, 4) is 5.75 Å². The summed E-state index contributed by atoms with van der Waals surface area (Å²) >= 11 is 0. The van der Waals surface area contributed by atoms with Crippen LogP contribution >= 0.6 is 0 Å². The molecule has 0 fully saturated rings. The number of rotatable bonds is 4. The molecule has 0 aliphatic carbocycles. The summed E-state index contributed by atoms with van der Waals surface area (Å²) in [6.07, 6.45) is -4.99. The van der Waals surface area contributed by atoms with Gasteiger partial charge in [0.1, 0.15) is 23.2 Å². The summed E-state index contributed by atoms with van der Waals surface area (Å²) in [5.41, 5.74) is -0.0980. The van der Waals surface area contributed by atoms with E-state index in [0.717, 1.165) is 18.2 Å². The largest absolute Gasteiger partial charge is 0.497 e. The fourth-order valence-electron chi connectivity index (χ4n) is 3.54. The number of ether oxygens (including phenoxy) is 1. The van der Waals surface area contributed by atoms with Crippen LogP contribution in [-0.2, 0) is 0 Å². The normalized spacial score (nSPS) is 17.9. The topological polar surface area (TPSA) is 68.2 Å². The maximum absolute atomic E-state index is 13.8. The van der Waals surface area contributed by atoms with Gasteiger partial charge in [0.2, 0.25) is 0 Å². The number of hydrogen-bond donors (Lipinski definition) is 2. The molecule has 32 heavy (non-hydrogen) atoms. The Hall–Kier alpha value is -3.63. The summed E-state index contributed by atoms with van der Waals surface area (Å²) < 4.78 is 74.1. The third-order valence-electron chi connectivity index (χ3n) is 5.10. The minimum Gasteiger partial charge on any atom is -0.497 e. The summed E-state index contributed by atoms with van der Waals surface area (Å²) in [6, 6.07) is 7.62. The lowest BCUT2D eigenvalue weighted by Crippen LogP contribution is -2.35. The lowest BCUT2D eigenvalue weighted by molar-refractivity contribution is -0.173. The number of methoxy groups -OCH3 is 1. The Morgan fingerprint density at radius 2 is 1.97 bits per heavy atom. The van der Waals surface area contributed by atoms with Crippen LogP contribution < -0.4 is 15.4 Å². The number of alkyl halides is 3. The molecule has 6 nitrogen and oxygen atoms in total. The highest BCUT2D eigenvalue weighted by Crippen LogP contribution is 2.44. The first-order valence-electron chi connectivity index (χ1n) is 9.49. The highest BCUT2D eigenvalue weighted by molar-refractivity contribution is 6.03. The van der Waals surface area contributed by atoms with Gasteiger partial charge in [0, 0.05) is 18.6 Å². The molecule has 1 aromatic heterocycles. The second-order valence-corrected chi connectivity index (χ2v) is 7.20. The monoisotopic (exact) mass is 452 g/mol. The average Bonchev–Trinajstić information content (AvgIpc) is 3.18. The molecule has 0 spiro atoms. The van der Waals surface area contributed by atoms with E-state index in [0.29, 0.717) is 22.1 Å². The van der Waals surface area contributed by atoms with Gasteiger partial charge in [-0.3, -0.25) is 4.79 Å². The number of hydrogen-bond acceptors (Lipinski definition) is 4. The third-order valence-corrected chi connectivity index (χ3v) is 5.10. The van der Waals surface area contributed by atoms with Crippen molar-refractivity contribution in [3.63, 3.8) is 0 Å². The first kappa shape index (κ1) is 21.6. The number of halogens is 5. The van der Waals surface area contributed by atoms with Crippen LogP contribution in [0, 0.1) is 11.6 Å². The summed E-state index contributed by atoms with van der Waals surface area (Å²) in [7, 11) is 1.45. The van der Waals surface area contributed by atoms with Crippen LogP contribution in [-0.4, -0.2) is 29.0 Å². The average molecular weight is 452 g/mol. The molecule has 0 radical (unpaired) electrons. The summed E-state index contributed by atoms with van der Waals surface area (Å²) in [6.45, 7) is 0. The molecule has 11 heteroatoms. The zero-order valence-corrected chi connectivity index (χ0v) is 16.6. The number of anilines is 2. The molecule has 0 bridgehead atoms. The maximum Gasteiger partial charge on any atom is 0.410 e. The van der Waals surface area contributed by atoms with Gasteiger partial charge in [-0.1, -0.05) is 12.1 Å². The first-order valence-corrected chi connectivity index (χ1v) is 9.49. The van der Waals surface area contributed by atoms with Gasteiger partial charge in [0.15, 0.2) is 11.7 Å². The van der Waals surface area contributed by atoms with Crippen LogP contribution in [0.4, 0.5) is 33.5 Å². The van der Waals surface area contributed by atoms with Gasteiger partial charge in [-0.05, 0) is 29.8 Å². The second-order valence-electron chi connectivity index (χ2n) is 7.20. The third kappa shape index (κ3) is 4.23. The maximum atomic E-state index is 13.8. The van der Waals surface area contributed by atoms with E-state index in [-0.39, 0.29) is 23.6 Å². The van der Waals surface area contributed by atoms with E-state index < -0.39 is 35.8 Å². The number of carbonyl (C=O) groups excluding carboxylic acids is 1. The van der Waals surface area contributed by atoms with Crippen LogP contribution in [0.2, 0.25) is 0 Å². The van der Waals surface area contributed by atoms with Crippen molar-refractivity contribution in [2.24, 2.45) is 0 Å². The van der Waals surface area contributed by atoms with Crippen LogP contribution in [0.3, 0.4) is 0 Å². The molecule has 2 heterocycles. The van der Waals surface area contributed by atoms with Crippen molar-refractivity contribution in [2.75, 3.05) is 17.7 Å². The lowest BCUT2D eigenvalue weighted by Gasteiger charge is -2.33. The summed E-state index contributed by atoms with van der Waals surface area (Å²) in [5.74, 6) is -2.31. The molecule has 1 aliphatic heterocycles. The van der Waals surface area contributed by atoms with E-state index in [4.69, 9.17) is 4.74 Å². The number of benzene rings is 2. The number of nitrogens with one attached hydrogen (secondary N) is 2. The molecule has 168 valence electrons. The Balaban J connectivity index is 1.65. The second kappa shape index (κ2) is 8.13. The quantitative estimate of drug-likeness (QED) is 0.542. The van der Waals surface area contributed by atoms with E-state index in [9.17, 15) is 26.7 Å². The predicted molar refractivity (Wildman–Crippen MR) is 106 cm³/mol.